The van der Waals surface area contributed by atoms with Crippen LogP contribution in [0.3, 0.4) is 0 Å². The molecule has 0 radical (unpaired) electrons. The maximum absolute atomic E-state index is 12.9. The van der Waals surface area contributed by atoms with Crippen molar-refractivity contribution in [1.29, 1.82) is 0 Å². The Morgan fingerprint density at radius 2 is 1.89 bits per heavy atom. The molecule has 0 unspecified atom stereocenters. The Morgan fingerprint density at radius 1 is 1.22 bits per heavy atom. The Bertz CT molecular complexity index is 727. The SMILES string of the molecule is CCC1CCC2(CC1)NC(=O)N(CC(=O)N(CC)[C@@H]1CCS(=O)(=O)C1)C2=O. The lowest BCUT2D eigenvalue weighted by atomic mass is 9.75. The van der Waals surface area contributed by atoms with Crippen LogP contribution in [-0.2, 0) is 19.4 Å². The molecule has 152 valence electrons. The lowest BCUT2D eigenvalue weighted by molar-refractivity contribution is -0.140. The first-order valence-corrected chi connectivity index (χ1v) is 11.7. The molecule has 0 aromatic heterocycles. The summed E-state index contributed by atoms with van der Waals surface area (Å²) in [4.78, 5) is 40.6. The van der Waals surface area contributed by atoms with Gasteiger partial charge in [-0.1, -0.05) is 13.3 Å². The van der Waals surface area contributed by atoms with E-state index in [2.05, 4.69) is 12.2 Å². The van der Waals surface area contributed by atoms with Crippen LogP contribution in [0, 0.1) is 5.92 Å². The van der Waals surface area contributed by atoms with E-state index in [-0.39, 0.29) is 35.9 Å². The second-order valence-electron chi connectivity index (χ2n) is 7.99. The molecule has 1 N–H and O–H groups in total. The van der Waals surface area contributed by atoms with Gasteiger partial charge in [0.05, 0.1) is 11.5 Å². The van der Waals surface area contributed by atoms with Crippen LogP contribution in [-0.4, -0.2) is 72.2 Å². The van der Waals surface area contributed by atoms with Gasteiger partial charge in [0, 0.05) is 12.6 Å². The van der Waals surface area contributed by atoms with Crippen LogP contribution in [0.15, 0.2) is 0 Å². The van der Waals surface area contributed by atoms with Crippen molar-refractivity contribution in [2.45, 2.75) is 64.0 Å². The summed E-state index contributed by atoms with van der Waals surface area (Å²) in [7, 11) is -3.12. The number of hydrogen-bond acceptors (Lipinski definition) is 5. The molecular weight excluding hydrogens is 370 g/mol. The zero-order valence-electron chi connectivity index (χ0n) is 16.1. The van der Waals surface area contributed by atoms with E-state index < -0.39 is 21.4 Å². The third kappa shape index (κ3) is 3.83. The van der Waals surface area contributed by atoms with E-state index >= 15 is 0 Å². The number of carbonyl (C=O) groups excluding carboxylic acids is 3. The molecule has 1 atom stereocenters. The minimum absolute atomic E-state index is 0.0466. The average molecular weight is 400 g/mol. The average Bonchev–Trinajstić information content (AvgIpc) is 3.09. The largest absolute Gasteiger partial charge is 0.337 e. The number of nitrogens with zero attached hydrogens (tertiary/aromatic N) is 2. The van der Waals surface area contributed by atoms with Crippen molar-refractivity contribution in [3.8, 4) is 0 Å². The highest BCUT2D eigenvalue weighted by atomic mass is 32.2. The predicted molar refractivity (Wildman–Crippen MR) is 99.7 cm³/mol. The summed E-state index contributed by atoms with van der Waals surface area (Å²) < 4.78 is 23.4. The second kappa shape index (κ2) is 7.41. The summed E-state index contributed by atoms with van der Waals surface area (Å²) in [6.45, 7) is 3.94. The highest BCUT2D eigenvalue weighted by molar-refractivity contribution is 7.91. The molecule has 9 heteroatoms. The third-order valence-corrected chi connectivity index (χ3v) is 8.14. The van der Waals surface area contributed by atoms with Crippen molar-refractivity contribution in [2.75, 3.05) is 24.6 Å². The number of carbonyl (C=O) groups is 3. The molecule has 3 rings (SSSR count). The van der Waals surface area contributed by atoms with E-state index in [1.54, 1.807) is 6.92 Å². The zero-order valence-corrected chi connectivity index (χ0v) is 16.9. The molecule has 0 bridgehead atoms. The van der Waals surface area contributed by atoms with Gasteiger partial charge in [-0.15, -0.1) is 0 Å². The first-order chi connectivity index (χ1) is 12.7. The van der Waals surface area contributed by atoms with Gasteiger partial charge in [-0.05, 0) is 44.9 Å². The monoisotopic (exact) mass is 399 g/mol. The van der Waals surface area contributed by atoms with Gasteiger partial charge in [-0.3, -0.25) is 14.5 Å². The Balaban J connectivity index is 1.67. The van der Waals surface area contributed by atoms with Gasteiger partial charge in [0.25, 0.3) is 5.91 Å². The van der Waals surface area contributed by atoms with Crippen LogP contribution in [0.4, 0.5) is 4.79 Å². The van der Waals surface area contributed by atoms with E-state index in [1.807, 2.05) is 0 Å². The normalized spacial score (nSPS) is 32.7. The van der Waals surface area contributed by atoms with Gasteiger partial charge in [0.2, 0.25) is 5.91 Å². The van der Waals surface area contributed by atoms with Crippen molar-refractivity contribution < 1.29 is 22.8 Å². The first-order valence-electron chi connectivity index (χ1n) is 9.85. The van der Waals surface area contributed by atoms with Gasteiger partial charge < -0.3 is 10.2 Å². The molecule has 2 heterocycles. The van der Waals surface area contributed by atoms with Gasteiger partial charge in [0.15, 0.2) is 9.84 Å². The van der Waals surface area contributed by atoms with Gasteiger partial charge in [-0.2, -0.15) is 0 Å². The van der Waals surface area contributed by atoms with E-state index in [1.165, 1.54) is 4.90 Å². The molecule has 8 nitrogen and oxygen atoms in total. The fourth-order valence-corrected chi connectivity index (χ4v) is 6.35. The van der Waals surface area contributed by atoms with Gasteiger partial charge >= 0.3 is 6.03 Å². The summed E-state index contributed by atoms with van der Waals surface area (Å²) in [5, 5.41) is 2.83. The highest BCUT2D eigenvalue weighted by Gasteiger charge is 2.53. The molecule has 1 aliphatic carbocycles. The maximum atomic E-state index is 12.9. The predicted octanol–water partition coefficient (Wildman–Crippen LogP) is 0.913. The molecule has 27 heavy (non-hydrogen) atoms. The molecule has 3 aliphatic rings. The molecular formula is C18H29N3O5S. The van der Waals surface area contributed by atoms with E-state index in [4.69, 9.17) is 0 Å². The summed E-state index contributed by atoms with van der Waals surface area (Å²) in [5.74, 6) is -0.0785. The number of amides is 4. The van der Waals surface area contributed by atoms with Crippen LogP contribution in [0.2, 0.25) is 0 Å². The van der Waals surface area contributed by atoms with Crippen LogP contribution in [0.1, 0.15) is 52.4 Å². The Labute approximate surface area is 160 Å². The topological polar surface area (TPSA) is 104 Å². The van der Waals surface area contributed by atoms with Crippen molar-refractivity contribution in [1.82, 2.24) is 15.1 Å². The molecule has 1 saturated carbocycles. The number of nitrogens with one attached hydrogen (secondary N) is 1. The number of rotatable bonds is 5. The second-order valence-corrected chi connectivity index (χ2v) is 10.2. The standard InChI is InChI=1S/C18H29N3O5S/c1-3-13-5-8-18(9-6-13)16(23)21(17(24)19-18)11-15(22)20(4-2)14-7-10-27(25,26)12-14/h13-14H,3-12H2,1-2H3,(H,19,24)/t13?,14-,18?/m1/s1. The minimum Gasteiger partial charge on any atom is -0.337 e. The molecule has 4 amide bonds. The fourth-order valence-electron chi connectivity index (χ4n) is 4.62. The summed E-state index contributed by atoms with van der Waals surface area (Å²) in [6.07, 6.45) is 4.48. The molecule has 2 saturated heterocycles. The quantitative estimate of drug-likeness (QED) is 0.692. The van der Waals surface area contributed by atoms with Crippen molar-refractivity contribution in [3.63, 3.8) is 0 Å². The molecule has 1 spiro atoms. The lowest BCUT2D eigenvalue weighted by Gasteiger charge is -2.34. The van der Waals surface area contributed by atoms with Crippen LogP contribution >= 0.6 is 0 Å². The van der Waals surface area contributed by atoms with Crippen LogP contribution in [0.5, 0.6) is 0 Å². The zero-order chi connectivity index (χ0) is 19.8. The molecule has 0 aromatic carbocycles. The highest BCUT2D eigenvalue weighted by Crippen LogP contribution is 2.37. The van der Waals surface area contributed by atoms with E-state index in [0.717, 1.165) is 24.2 Å². The Morgan fingerprint density at radius 3 is 2.41 bits per heavy atom. The van der Waals surface area contributed by atoms with E-state index in [0.29, 0.717) is 31.7 Å². The minimum atomic E-state index is -3.12. The van der Waals surface area contributed by atoms with Crippen molar-refractivity contribution in [3.05, 3.63) is 0 Å². The van der Waals surface area contributed by atoms with Crippen molar-refractivity contribution in [2.24, 2.45) is 5.92 Å². The van der Waals surface area contributed by atoms with Crippen LogP contribution in [0.25, 0.3) is 0 Å². The fraction of sp³-hybridized carbons (Fsp3) is 0.833. The number of likely N-dealkylation sites (N-methyl/N-ethyl adjacent to an activating group) is 1. The Kier molecular flexibility index (Phi) is 5.52. The van der Waals surface area contributed by atoms with Gasteiger partial charge in [0.1, 0.15) is 12.1 Å². The molecule has 0 aromatic rings. The smallest absolute Gasteiger partial charge is 0.325 e. The summed E-state index contributed by atoms with van der Waals surface area (Å²) >= 11 is 0. The van der Waals surface area contributed by atoms with Gasteiger partial charge in [-0.25, -0.2) is 13.2 Å². The first kappa shape index (κ1) is 20.1. The number of urea groups is 1. The number of imide groups is 1. The number of sulfone groups is 1. The summed E-state index contributed by atoms with van der Waals surface area (Å²) in [5.41, 5.74) is -0.864. The van der Waals surface area contributed by atoms with Crippen LogP contribution < -0.4 is 5.32 Å². The van der Waals surface area contributed by atoms with E-state index in [9.17, 15) is 22.8 Å². The third-order valence-electron chi connectivity index (χ3n) is 6.39. The summed E-state index contributed by atoms with van der Waals surface area (Å²) in [6, 6.07) is -0.888. The number of hydrogen-bond donors (Lipinski definition) is 1. The maximum Gasteiger partial charge on any atom is 0.325 e. The Hall–Kier alpha value is -1.64. The van der Waals surface area contributed by atoms with Crippen molar-refractivity contribution >= 4 is 27.7 Å². The lowest BCUT2D eigenvalue weighted by Crippen LogP contribution is -2.51. The molecule has 3 fully saturated rings. The molecule has 2 aliphatic heterocycles.